The van der Waals surface area contributed by atoms with Gasteiger partial charge in [-0.15, -0.1) is 0 Å². The van der Waals surface area contributed by atoms with Crippen molar-refractivity contribution in [2.24, 2.45) is 0 Å². The average Bonchev–Trinajstić information content (AvgIpc) is 2.83. The summed E-state index contributed by atoms with van der Waals surface area (Å²) in [6, 6.07) is 12.0. The molecule has 3 nitrogen and oxygen atoms in total. The van der Waals surface area contributed by atoms with Gasteiger partial charge in [0, 0.05) is 12.1 Å². The van der Waals surface area contributed by atoms with Gasteiger partial charge in [0.1, 0.15) is 5.82 Å². The third kappa shape index (κ3) is 2.37. The molecule has 0 amide bonds. The summed E-state index contributed by atoms with van der Waals surface area (Å²) in [6.45, 7) is 2.03. The van der Waals surface area contributed by atoms with Crippen LogP contribution in [-0.4, -0.2) is 13.1 Å². The van der Waals surface area contributed by atoms with Crippen molar-refractivity contribution in [3.05, 3.63) is 65.0 Å². The van der Waals surface area contributed by atoms with Gasteiger partial charge in [0.25, 0.3) is 0 Å². The fourth-order valence-corrected chi connectivity index (χ4v) is 2.83. The number of esters is 1. The molecule has 21 heavy (non-hydrogen) atoms. The largest absolute Gasteiger partial charge is 0.465 e. The number of hydrogen-bond acceptors (Lipinski definition) is 3. The molecule has 0 aromatic heterocycles. The second kappa shape index (κ2) is 4.88. The lowest BCUT2D eigenvalue weighted by Crippen LogP contribution is -2.29. The monoisotopic (exact) mass is 285 g/mol. The Labute approximate surface area is 122 Å². The van der Waals surface area contributed by atoms with Gasteiger partial charge in [-0.05, 0) is 48.4 Å². The molecule has 1 aliphatic rings. The molecular formula is C17H16FNO2. The van der Waals surface area contributed by atoms with Crippen molar-refractivity contribution in [2.45, 2.75) is 18.9 Å². The molecular weight excluding hydrogens is 269 g/mol. The van der Waals surface area contributed by atoms with Crippen molar-refractivity contribution in [3.8, 4) is 0 Å². The van der Waals surface area contributed by atoms with E-state index in [1.807, 2.05) is 25.1 Å². The number of methoxy groups -OCH3 is 1. The third-order valence-electron chi connectivity index (χ3n) is 3.94. The summed E-state index contributed by atoms with van der Waals surface area (Å²) in [7, 11) is 1.37. The number of carbonyl (C=O) groups is 1. The van der Waals surface area contributed by atoms with Crippen molar-refractivity contribution >= 4 is 11.7 Å². The zero-order chi connectivity index (χ0) is 15.0. The van der Waals surface area contributed by atoms with E-state index >= 15 is 0 Å². The lowest BCUT2D eigenvalue weighted by Gasteiger charge is -2.26. The van der Waals surface area contributed by atoms with Crippen molar-refractivity contribution in [3.63, 3.8) is 0 Å². The normalized spacial score (nSPS) is 19.8. The Morgan fingerprint density at radius 3 is 2.81 bits per heavy atom. The van der Waals surface area contributed by atoms with Gasteiger partial charge in [0.15, 0.2) is 0 Å². The minimum atomic E-state index is -0.376. The van der Waals surface area contributed by atoms with Gasteiger partial charge in [-0.2, -0.15) is 0 Å². The molecule has 1 unspecified atom stereocenters. The predicted molar refractivity (Wildman–Crippen MR) is 78.9 cm³/mol. The summed E-state index contributed by atoms with van der Waals surface area (Å²) >= 11 is 0. The highest BCUT2D eigenvalue weighted by molar-refractivity contribution is 5.90. The first-order valence-corrected chi connectivity index (χ1v) is 6.77. The number of ether oxygens (including phenoxy) is 1. The number of anilines is 1. The number of halogens is 1. The zero-order valence-corrected chi connectivity index (χ0v) is 11.9. The van der Waals surface area contributed by atoms with Crippen molar-refractivity contribution < 1.29 is 13.9 Å². The lowest BCUT2D eigenvalue weighted by atomic mass is 9.89. The second-order valence-corrected chi connectivity index (χ2v) is 5.51. The summed E-state index contributed by atoms with van der Waals surface area (Å²) in [5.74, 6) is -0.598. The maximum absolute atomic E-state index is 13.4. The van der Waals surface area contributed by atoms with Crippen LogP contribution in [0.4, 0.5) is 10.1 Å². The van der Waals surface area contributed by atoms with Crippen LogP contribution in [-0.2, 0) is 16.7 Å². The van der Waals surface area contributed by atoms with Gasteiger partial charge in [-0.1, -0.05) is 12.1 Å². The highest BCUT2D eigenvalue weighted by Gasteiger charge is 2.34. The Morgan fingerprint density at radius 2 is 2.10 bits per heavy atom. The number of carbonyl (C=O) groups excluding carboxylic acids is 1. The van der Waals surface area contributed by atoms with Crippen molar-refractivity contribution in [1.29, 1.82) is 0 Å². The van der Waals surface area contributed by atoms with E-state index in [0.717, 1.165) is 16.8 Å². The van der Waals surface area contributed by atoms with E-state index in [4.69, 9.17) is 4.74 Å². The molecule has 1 heterocycles. The molecule has 0 saturated carbocycles. The fourth-order valence-electron chi connectivity index (χ4n) is 2.83. The SMILES string of the molecule is COC(=O)c1ccc2c(c1)CC(C)(c1cccc(F)c1)N2. The van der Waals surface area contributed by atoms with Gasteiger partial charge in [-0.25, -0.2) is 9.18 Å². The van der Waals surface area contributed by atoms with Crippen LogP contribution in [0.5, 0.6) is 0 Å². The molecule has 2 aromatic carbocycles. The number of benzene rings is 2. The first kappa shape index (κ1) is 13.6. The molecule has 0 saturated heterocycles. The molecule has 4 heteroatoms. The van der Waals surface area contributed by atoms with E-state index < -0.39 is 0 Å². The van der Waals surface area contributed by atoms with Crippen LogP contribution < -0.4 is 5.32 Å². The standard InChI is InChI=1S/C17H16FNO2/c1-17(13-4-3-5-14(18)9-13)10-12-8-11(16(20)21-2)6-7-15(12)19-17/h3-9,19H,10H2,1-2H3. The Kier molecular flexibility index (Phi) is 3.16. The summed E-state index contributed by atoms with van der Waals surface area (Å²) in [5, 5.41) is 3.42. The van der Waals surface area contributed by atoms with E-state index in [-0.39, 0.29) is 17.3 Å². The highest BCUT2D eigenvalue weighted by atomic mass is 19.1. The molecule has 0 fully saturated rings. The molecule has 0 radical (unpaired) electrons. The molecule has 1 atom stereocenters. The first-order chi connectivity index (χ1) is 10.0. The molecule has 0 aliphatic carbocycles. The summed E-state index contributed by atoms with van der Waals surface area (Å²) in [4.78, 5) is 11.6. The molecule has 0 bridgehead atoms. The quantitative estimate of drug-likeness (QED) is 0.858. The van der Waals surface area contributed by atoms with Crippen LogP contribution in [0.25, 0.3) is 0 Å². The van der Waals surface area contributed by atoms with Gasteiger partial charge in [0.05, 0.1) is 18.2 Å². The predicted octanol–water partition coefficient (Wildman–Crippen LogP) is 3.50. The second-order valence-electron chi connectivity index (χ2n) is 5.51. The highest BCUT2D eigenvalue weighted by Crippen LogP contribution is 2.39. The summed E-state index contributed by atoms with van der Waals surface area (Å²) < 4.78 is 18.2. The zero-order valence-electron chi connectivity index (χ0n) is 11.9. The van der Waals surface area contributed by atoms with Crippen LogP contribution in [0.3, 0.4) is 0 Å². The van der Waals surface area contributed by atoms with Crippen molar-refractivity contribution in [1.82, 2.24) is 0 Å². The van der Waals surface area contributed by atoms with Gasteiger partial charge < -0.3 is 10.1 Å². The Hall–Kier alpha value is -2.36. The Bertz CT molecular complexity index is 714. The molecule has 1 N–H and O–H groups in total. The van der Waals surface area contributed by atoms with Crippen molar-refractivity contribution in [2.75, 3.05) is 12.4 Å². The minimum Gasteiger partial charge on any atom is -0.465 e. The van der Waals surface area contributed by atoms with Crippen LogP contribution in [0.15, 0.2) is 42.5 Å². The number of nitrogens with one attached hydrogen (secondary N) is 1. The Balaban J connectivity index is 1.95. The van der Waals surface area contributed by atoms with E-state index in [1.54, 1.807) is 18.2 Å². The van der Waals surface area contributed by atoms with Gasteiger partial charge in [-0.3, -0.25) is 0 Å². The fraction of sp³-hybridized carbons (Fsp3) is 0.235. The number of rotatable bonds is 2. The number of fused-ring (bicyclic) bond motifs is 1. The smallest absolute Gasteiger partial charge is 0.337 e. The van der Waals surface area contributed by atoms with E-state index in [0.29, 0.717) is 12.0 Å². The topological polar surface area (TPSA) is 38.3 Å². The minimum absolute atomic E-state index is 0.248. The maximum Gasteiger partial charge on any atom is 0.337 e. The van der Waals surface area contributed by atoms with Crippen LogP contribution in [0.2, 0.25) is 0 Å². The molecule has 108 valence electrons. The first-order valence-electron chi connectivity index (χ1n) is 6.77. The molecule has 3 rings (SSSR count). The Morgan fingerprint density at radius 1 is 1.29 bits per heavy atom. The molecule has 0 spiro atoms. The van der Waals surface area contributed by atoms with Gasteiger partial charge >= 0.3 is 5.97 Å². The van der Waals surface area contributed by atoms with Crippen LogP contribution >= 0.6 is 0 Å². The number of hydrogen-bond donors (Lipinski definition) is 1. The van der Waals surface area contributed by atoms with E-state index in [1.165, 1.54) is 13.2 Å². The van der Waals surface area contributed by atoms with E-state index in [9.17, 15) is 9.18 Å². The van der Waals surface area contributed by atoms with Crippen LogP contribution in [0, 0.1) is 5.82 Å². The van der Waals surface area contributed by atoms with Gasteiger partial charge in [0.2, 0.25) is 0 Å². The summed E-state index contributed by atoms with van der Waals surface area (Å²) in [5.41, 5.74) is 3.04. The average molecular weight is 285 g/mol. The lowest BCUT2D eigenvalue weighted by molar-refractivity contribution is 0.0600. The maximum atomic E-state index is 13.4. The molecule has 1 aliphatic heterocycles. The van der Waals surface area contributed by atoms with E-state index in [2.05, 4.69) is 5.32 Å². The molecule has 2 aromatic rings. The summed E-state index contributed by atoms with van der Waals surface area (Å²) in [6.07, 6.45) is 0.691. The van der Waals surface area contributed by atoms with Crippen LogP contribution in [0.1, 0.15) is 28.4 Å². The third-order valence-corrected chi connectivity index (χ3v) is 3.94.